The van der Waals surface area contributed by atoms with Crippen molar-refractivity contribution >= 4 is 50.4 Å². The standard InChI is InChI=1S/C52H37NOS/c1-3-4-24-48-35(2)52(44-22-12-14-25-50(44)55-51-26-15-13-23-45(51)52)46-34-40(31-32-49(46)54-48)53(39-29-27-37(28-30-39)36-16-6-5-7-17-36)47-33-38-18-8-9-19-41(38)42-20-10-11-21-43(42)47/h3-34H,1H2,2H3/b24-4-. The summed E-state index contributed by atoms with van der Waals surface area (Å²) in [6.45, 7) is 6.20. The highest BCUT2D eigenvalue weighted by Crippen LogP contribution is 2.60. The Labute approximate surface area is 326 Å². The van der Waals surface area contributed by atoms with Gasteiger partial charge in [0.1, 0.15) is 11.5 Å². The molecule has 8 aromatic carbocycles. The first-order valence-corrected chi connectivity index (χ1v) is 19.5. The fourth-order valence-electron chi connectivity index (χ4n) is 8.70. The molecule has 2 aliphatic heterocycles. The lowest BCUT2D eigenvalue weighted by Gasteiger charge is -2.45. The third kappa shape index (κ3) is 5.26. The molecule has 2 heterocycles. The summed E-state index contributed by atoms with van der Waals surface area (Å²) < 4.78 is 6.86. The van der Waals surface area contributed by atoms with Crippen molar-refractivity contribution in [3.63, 3.8) is 0 Å². The van der Waals surface area contributed by atoms with Gasteiger partial charge in [0.25, 0.3) is 0 Å². The van der Waals surface area contributed by atoms with E-state index in [0.29, 0.717) is 0 Å². The van der Waals surface area contributed by atoms with E-state index in [0.717, 1.165) is 39.7 Å². The zero-order chi connectivity index (χ0) is 36.9. The van der Waals surface area contributed by atoms with E-state index in [1.807, 2.05) is 23.9 Å². The maximum absolute atomic E-state index is 6.86. The predicted octanol–water partition coefficient (Wildman–Crippen LogP) is 14.3. The van der Waals surface area contributed by atoms with Crippen LogP contribution >= 0.6 is 11.8 Å². The second-order valence-corrected chi connectivity index (χ2v) is 15.2. The van der Waals surface area contributed by atoms with Gasteiger partial charge in [0, 0.05) is 32.1 Å². The highest BCUT2D eigenvalue weighted by molar-refractivity contribution is 7.99. The van der Waals surface area contributed by atoms with E-state index >= 15 is 0 Å². The van der Waals surface area contributed by atoms with Crippen LogP contribution in [0.2, 0.25) is 0 Å². The van der Waals surface area contributed by atoms with Gasteiger partial charge in [-0.05, 0) is 106 Å². The van der Waals surface area contributed by atoms with Crippen molar-refractivity contribution in [3.05, 3.63) is 229 Å². The van der Waals surface area contributed by atoms with Gasteiger partial charge in [0.2, 0.25) is 0 Å². The van der Waals surface area contributed by atoms with Gasteiger partial charge >= 0.3 is 0 Å². The molecule has 262 valence electrons. The van der Waals surface area contributed by atoms with Gasteiger partial charge in [-0.1, -0.05) is 158 Å². The van der Waals surface area contributed by atoms with Gasteiger partial charge in [0.15, 0.2) is 0 Å². The van der Waals surface area contributed by atoms with Crippen molar-refractivity contribution in [3.8, 4) is 16.9 Å². The number of allylic oxidation sites excluding steroid dienone is 4. The van der Waals surface area contributed by atoms with Crippen LogP contribution in [-0.2, 0) is 5.41 Å². The molecule has 0 aliphatic carbocycles. The van der Waals surface area contributed by atoms with E-state index < -0.39 is 5.41 Å². The van der Waals surface area contributed by atoms with Crippen LogP contribution < -0.4 is 9.64 Å². The van der Waals surface area contributed by atoms with Crippen molar-refractivity contribution in [2.45, 2.75) is 22.1 Å². The normalized spacial score (nSPS) is 14.1. The summed E-state index contributed by atoms with van der Waals surface area (Å²) in [5.74, 6) is 1.68. The SMILES string of the molecule is C=C/C=C\C1=C(C)C2(c3cc(N(c4ccc(-c5ccccc5)cc4)c4cc5ccccc5c5ccccc45)ccc3O1)c1ccccc1Sc1ccccc12. The van der Waals surface area contributed by atoms with Crippen LogP contribution in [0.15, 0.2) is 222 Å². The second-order valence-electron chi connectivity index (χ2n) is 14.1. The summed E-state index contributed by atoms with van der Waals surface area (Å²) in [5, 5.41) is 4.86. The van der Waals surface area contributed by atoms with Crippen LogP contribution in [0.5, 0.6) is 5.75 Å². The van der Waals surface area contributed by atoms with Crippen molar-refractivity contribution in [1.29, 1.82) is 0 Å². The average molecular weight is 724 g/mol. The maximum atomic E-state index is 6.86. The number of fused-ring (bicyclic) bond motifs is 9. The zero-order valence-electron chi connectivity index (χ0n) is 30.4. The van der Waals surface area contributed by atoms with Crippen LogP contribution in [-0.4, -0.2) is 0 Å². The van der Waals surface area contributed by atoms with Crippen LogP contribution in [0, 0.1) is 0 Å². The summed E-state index contributed by atoms with van der Waals surface area (Å²) in [4.78, 5) is 4.93. The molecule has 2 nitrogen and oxygen atoms in total. The minimum Gasteiger partial charge on any atom is -0.457 e. The van der Waals surface area contributed by atoms with Gasteiger partial charge in [-0.2, -0.15) is 0 Å². The molecule has 0 radical (unpaired) electrons. The molecule has 0 N–H and O–H groups in total. The van der Waals surface area contributed by atoms with E-state index in [1.54, 1.807) is 0 Å². The Morgan fingerprint density at radius 3 is 1.89 bits per heavy atom. The average Bonchev–Trinajstić information content (AvgIpc) is 3.25. The van der Waals surface area contributed by atoms with Gasteiger partial charge in [0.05, 0.1) is 11.1 Å². The Balaban J connectivity index is 1.27. The van der Waals surface area contributed by atoms with Gasteiger partial charge in [-0.3, -0.25) is 0 Å². The lowest BCUT2D eigenvalue weighted by molar-refractivity contribution is 0.394. The van der Waals surface area contributed by atoms with Crippen LogP contribution in [0.3, 0.4) is 0 Å². The predicted molar refractivity (Wildman–Crippen MR) is 231 cm³/mol. The van der Waals surface area contributed by atoms with Crippen molar-refractivity contribution in [2.75, 3.05) is 4.90 Å². The Kier molecular flexibility index (Phi) is 8.04. The molecule has 0 unspecified atom stereocenters. The quantitative estimate of drug-likeness (QED) is 0.125. The molecule has 3 heteroatoms. The van der Waals surface area contributed by atoms with Crippen molar-refractivity contribution in [2.24, 2.45) is 0 Å². The lowest BCUT2D eigenvalue weighted by atomic mass is 9.63. The summed E-state index contributed by atoms with van der Waals surface area (Å²) in [6.07, 6.45) is 5.82. The molecule has 2 aliphatic rings. The smallest absolute Gasteiger partial charge is 0.132 e. The molecule has 10 rings (SSSR count). The largest absolute Gasteiger partial charge is 0.457 e. The number of ether oxygens (including phenoxy) is 1. The van der Waals surface area contributed by atoms with E-state index in [1.165, 1.54) is 53.6 Å². The third-order valence-corrected chi connectivity index (χ3v) is 12.3. The van der Waals surface area contributed by atoms with Crippen molar-refractivity contribution < 1.29 is 4.74 Å². The Morgan fingerprint density at radius 2 is 1.16 bits per heavy atom. The Bertz CT molecular complexity index is 2800. The molecule has 0 saturated heterocycles. The molecule has 0 saturated carbocycles. The zero-order valence-corrected chi connectivity index (χ0v) is 31.3. The summed E-state index contributed by atoms with van der Waals surface area (Å²) in [6, 6.07) is 63.9. The number of nitrogens with zero attached hydrogens (tertiary/aromatic N) is 1. The minimum atomic E-state index is -0.600. The molecule has 0 aromatic heterocycles. The fourth-order valence-corrected chi connectivity index (χ4v) is 9.90. The fraction of sp³-hybridized carbons (Fsp3) is 0.0385. The van der Waals surface area contributed by atoms with Gasteiger partial charge in [-0.25, -0.2) is 0 Å². The van der Waals surface area contributed by atoms with Gasteiger partial charge in [-0.15, -0.1) is 0 Å². The number of rotatable bonds is 6. The third-order valence-electron chi connectivity index (χ3n) is 11.2. The first-order valence-electron chi connectivity index (χ1n) is 18.7. The molecule has 0 atom stereocenters. The Hall–Kier alpha value is -6.55. The monoisotopic (exact) mass is 723 g/mol. The molecule has 0 amide bonds. The number of hydrogen-bond acceptors (Lipinski definition) is 3. The van der Waals surface area contributed by atoms with Crippen LogP contribution in [0.4, 0.5) is 17.1 Å². The molecule has 0 bridgehead atoms. The van der Waals surface area contributed by atoms with Gasteiger partial charge < -0.3 is 9.64 Å². The molecule has 55 heavy (non-hydrogen) atoms. The Morgan fingerprint density at radius 1 is 0.564 bits per heavy atom. The van der Waals surface area contributed by atoms with Crippen LogP contribution in [0.25, 0.3) is 32.7 Å². The lowest BCUT2D eigenvalue weighted by Crippen LogP contribution is -2.38. The minimum absolute atomic E-state index is 0.600. The number of anilines is 3. The van der Waals surface area contributed by atoms with E-state index in [-0.39, 0.29) is 0 Å². The highest BCUT2D eigenvalue weighted by Gasteiger charge is 2.49. The highest BCUT2D eigenvalue weighted by atomic mass is 32.2. The molecular weight excluding hydrogens is 687 g/mol. The molecule has 0 fully saturated rings. The molecule has 8 aromatic rings. The molecular formula is C52H37NOS. The second kappa shape index (κ2) is 13.4. The van der Waals surface area contributed by atoms with Crippen molar-refractivity contribution in [1.82, 2.24) is 0 Å². The summed E-state index contributed by atoms with van der Waals surface area (Å²) in [5.41, 5.74) is 9.81. The summed E-state index contributed by atoms with van der Waals surface area (Å²) >= 11 is 1.84. The summed E-state index contributed by atoms with van der Waals surface area (Å²) in [7, 11) is 0. The molecule has 1 spiro atoms. The number of benzene rings is 8. The number of hydrogen-bond donors (Lipinski definition) is 0. The van der Waals surface area contributed by atoms with Crippen LogP contribution in [0.1, 0.15) is 23.6 Å². The first-order chi connectivity index (χ1) is 27.1. The van der Waals surface area contributed by atoms with E-state index in [2.05, 4.69) is 200 Å². The maximum Gasteiger partial charge on any atom is 0.132 e. The first kappa shape index (κ1) is 33.1. The van der Waals surface area contributed by atoms with E-state index in [4.69, 9.17) is 4.74 Å². The van der Waals surface area contributed by atoms with E-state index in [9.17, 15) is 0 Å². The topological polar surface area (TPSA) is 12.5 Å².